The monoisotopic (exact) mass is 433 g/mol. The van der Waals surface area contributed by atoms with Crippen molar-refractivity contribution in [1.82, 2.24) is 0 Å². The zero-order valence-corrected chi connectivity index (χ0v) is 17.5. The zero-order valence-electron chi connectivity index (χ0n) is 16.7. The van der Waals surface area contributed by atoms with E-state index in [-0.39, 0.29) is 22.8 Å². The van der Waals surface area contributed by atoms with Crippen LogP contribution < -0.4 is 4.90 Å². The zero-order chi connectivity index (χ0) is 21.8. The van der Waals surface area contributed by atoms with Crippen molar-refractivity contribution in [2.45, 2.75) is 12.8 Å². The standard InChI is InChI=1S/C25H20ClNO4/c26-19-13-11-18(12-14-19)24(29)20-8-2-3-9-21(20)25(30)31-16-23(28)27-15-5-7-17-6-1-4-10-22(17)27/h1-4,6,8-14H,5,7,15-16H2. The molecule has 156 valence electrons. The molecule has 0 bridgehead atoms. The third kappa shape index (κ3) is 4.52. The molecule has 0 saturated carbocycles. The van der Waals surface area contributed by atoms with Gasteiger partial charge in [0.2, 0.25) is 0 Å². The number of nitrogens with zero attached hydrogens (tertiary/aromatic N) is 1. The second-order valence-electron chi connectivity index (χ2n) is 7.24. The van der Waals surface area contributed by atoms with E-state index in [0.29, 0.717) is 17.1 Å². The SMILES string of the molecule is O=C(OCC(=O)N1CCCc2ccccc21)c1ccccc1C(=O)c1ccc(Cl)cc1. The molecule has 0 atom stereocenters. The van der Waals surface area contributed by atoms with E-state index in [0.717, 1.165) is 24.1 Å². The highest BCUT2D eigenvalue weighted by atomic mass is 35.5. The van der Waals surface area contributed by atoms with Gasteiger partial charge in [0.05, 0.1) is 5.56 Å². The number of halogens is 1. The second-order valence-corrected chi connectivity index (χ2v) is 7.67. The molecule has 0 saturated heterocycles. The van der Waals surface area contributed by atoms with Gasteiger partial charge in [0.15, 0.2) is 12.4 Å². The average molecular weight is 434 g/mol. The van der Waals surface area contributed by atoms with Crippen molar-refractivity contribution < 1.29 is 19.1 Å². The van der Waals surface area contributed by atoms with Gasteiger partial charge in [-0.05, 0) is 54.8 Å². The topological polar surface area (TPSA) is 63.7 Å². The molecule has 0 spiro atoms. The van der Waals surface area contributed by atoms with E-state index < -0.39 is 12.6 Å². The lowest BCUT2D eigenvalue weighted by atomic mass is 9.98. The quantitative estimate of drug-likeness (QED) is 0.432. The van der Waals surface area contributed by atoms with Crippen LogP contribution in [0.4, 0.5) is 5.69 Å². The molecule has 0 N–H and O–H groups in total. The van der Waals surface area contributed by atoms with Crippen molar-refractivity contribution >= 4 is 34.9 Å². The molecule has 4 rings (SSSR count). The van der Waals surface area contributed by atoms with Gasteiger partial charge < -0.3 is 9.64 Å². The number of hydrogen-bond acceptors (Lipinski definition) is 4. The first-order chi connectivity index (χ1) is 15.0. The van der Waals surface area contributed by atoms with Crippen LogP contribution in [0.2, 0.25) is 5.02 Å². The molecule has 1 aliphatic heterocycles. The largest absolute Gasteiger partial charge is 0.452 e. The summed E-state index contributed by atoms with van der Waals surface area (Å²) in [5.41, 5.74) is 2.70. The normalized spacial score (nSPS) is 12.7. The van der Waals surface area contributed by atoms with Crippen LogP contribution in [0.25, 0.3) is 0 Å². The molecule has 1 aliphatic rings. The summed E-state index contributed by atoms with van der Waals surface area (Å²) in [7, 11) is 0. The van der Waals surface area contributed by atoms with Crippen LogP contribution in [0.3, 0.4) is 0 Å². The highest BCUT2D eigenvalue weighted by molar-refractivity contribution is 6.30. The molecular formula is C25H20ClNO4. The number of aryl methyl sites for hydroxylation is 1. The van der Waals surface area contributed by atoms with Crippen LogP contribution in [0.15, 0.2) is 72.8 Å². The first-order valence-corrected chi connectivity index (χ1v) is 10.4. The fourth-order valence-corrected chi connectivity index (χ4v) is 3.82. The Balaban J connectivity index is 1.48. The minimum absolute atomic E-state index is 0.120. The van der Waals surface area contributed by atoms with Crippen LogP contribution in [-0.4, -0.2) is 30.8 Å². The van der Waals surface area contributed by atoms with Crippen LogP contribution in [0.5, 0.6) is 0 Å². The minimum Gasteiger partial charge on any atom is -0.452 e. The van der Waals surface area contributed by atoms with Crippen LogP contribution >= 0.6 is 11.6 Å². The van der Waals surface area contributed by atoms with Crippen molar-refractivity contribution in [2.75, 3.05) is 18.1 Å². The van der Waals surface area contributed by atoms with Gasteiger partial charge in [-0.25, -0.2) is 4.79 Å². The van der Waals surface area contributed by atoms with Crippen molar-refractivity contribution in [2.24, 2.45) is 0 Å². The third-order valence-electron chi connectivity index (χ3n) is 5.24. The van der Waals surface area contributed by atoms with Crippen LogP contribution in [0.1, 0.15) is 38.3 Å². The lowest BCUT2D eigenvalue weighted by Gasteiger charge is -2.29. The number of rotatable bonds is 5. The molecule has 0 radical (unpaired) electrons. The molecule has 6 heteroatoms. The van der Waals surface area contributed by atoms with E-state index in [1.54, 1.807) is 47.4 Å². The van der Waals surface area contributed by atoms with Crippen molar-refractivity contribution in [3.63, 3.8) is 0 Å². The number of carbonyl (C=O) groups is 3. The van der Waals surface area contributed by atoms with E-state index in [1.165, 1.54) is 6.07 Å². The third-order valence-corrected chi connectivity index (χ3v) is 5.49. The number of carbonyl (C=O) groups excluding carboxylic acids is 3. The summed E-state index contributed by atoms with van der Waals surface area (Å²) in [4.78, 5) is 40.0. The number of ketones is 1. The summed E-state index contributed by atoms with van der Waals surface area (Å²) in [6.07, 6.45) is 1.77. The lowest BCUT2D eigenvalue weighted by molar-refractivity contribution is -0.121. The van der Waals surface area contributed by atoms with Gasteiger partial charge in [0.25, 0.3) is 5.91 Å². The van der Waals surface area contributed by atoms with Gasteiger partial charge in [-0.1, -0.05) is 48.0 Å². The maximum atomic E-state index is 12.9. The number of anilines is 1. The van der Waals surface area contributed by atoms with Gasteiger partial charge in [0.1, 0.15) is 0 Å². The maximum absolute atomic E-state index is 12.9. The first kappa shape index (κ1) is 20.8. The fraction of sp³-hybridized carbons (Fsp3) is 0.160. The summed E-state index contributed by atoms with van der Waals surface area (Å²) in [6, 6.07) is 20.6. The van der Waals surface area contributed by atoms with Gasteiger partial charge >= 0.3 is 5.97 Å². The van der Waals surface area contributed by atoms with E-state index in [1.807, 2.05) is 24.3 Å². The molecule has 1 amide bonds. The van der Waals surface area contributed by atoms with Crippen molar-refractivity contribution in [1.29, 1.82) is 0 Å². The average Bonchev–Trinajstić information content (AvgIpc) is 2.82. The summed E-state index contributed by atoms with van der Waals surface area (Å²) < 4.78 is 5.30. The van der Waals surface area contributed by atoms with Gasteiger partial charge in [0, 0.05) is 28.4 Å². The number of benzene rings is 3. The second kappa shape index (κ2) is 9.14. The van der Waals surface area contributed by atoms with E-state index in [2.05, 4.69) is 0 Å². The highest BCUT2D eigenvalue weighted by Gasteiger charge is 2.24. The van der Waals surface area contributed by atoms with Crippen LogP contribution in [-0.2, 0) is 16.0 Å². The molecule has 0 aliphatic carbocycles. The molecule has 3 aromatic carbocycles. The Morgan fingerprint density at radius 1 is 0.871 bits per heavy atom. The van der Waals surface area contributed by atoms with Gasteiger partial charge in [-0.3, -0.25) is 9.59 Å². The van der Waals surface area contributed by atoms with E-state index in [4.69, 9.17) is 16.3 Å². The number of para-hydroxylation sites is 1. The highest BCUT2D eigenvalue weighted by Crippen LogP contribution is 2.27. The molecule has 0 unspecified atom stereocenters. The molecule has 5 nitrogen and oxygen atoms in total. The number of hydrogen-bond donors (Lipinski definition) is 0. The summed E-state index contributed by atoms with van der Waals surface area (Å²) in [5, 5.41) is 0.516. The smallest absolute Gasteiger partial charge is 0.339 e. The molecule has 1 heterocycles. The first-order valence-electron chi connectivity index (χ1n) is 9.99. The number of esters is 1. The Morgan fingerprint density at radius 2 is 1.55 bits per heavy atom. The van der Waals surface area contributed by atoms with Crippen molar-refractivity contribution in [3.05, 3.63) is 100 Å². The molecule has 0 fully saturated rings. The van der Waals surface area contributed by atoms with Gasteiger partial charge in [-0.2, -0.15) is 0 Å². The molecular weight excluding hydrogens is 414 g/mol. The Labute approximate surface area is 185 Å². The number of fused-ring (bicyclic) bond motifs is 1. The fourth-order valence-electron chi connectivity index (χ4n) is 3.69. The number of amides is 1. The predicted molar refractivity (Wildman–Crippen MR) is 119 cm³/mol. The Kier molecular flexibility index (Phi) is 6.14. The van der Waals surface area contributed by atoms with E-state index in [9.17, 15) is 14.4 Å². The Bertz CT molecular complexity index is 1140. The molecule has 0 aromatic heterocycles. The summed E-state index contributed by atoms with van der Waals surface area (Å²) in [5.74, 6) is -1.32. The Hall–Kier alpha value is -3.44. The minimum atomic E-state index is -0.712. The maximum Gasteiger partial charge on any atom is 0.339 e. The Morgan fingerprint density at radius 3 is 2.32 bits per heavy atom. The predicted octanol–water partition coefficient (Wildman–Crippen LogP) is 4.71. The molecule has 31 heavy (non-hydrogen) atoms. The summed E-state index contributed by atoms with van der Waals surface area (Å²) >= 11 is 5.89. The lowest BCUT2D eigenvalue weighted by Crippen LogP contribution is -2.38. The van der Waals surface area contributed by atoms with Crippen LogP contribution in [0, 0.1) is 0 Å². The van der Waals surface area contributed by atoms with E-state index >= 15 is 0 Å². The number of ether oxygens (including phenoxy) is 1. The van der Waals surface area contributed by atoms with Crippen molar-refractivity contribution in [3.8, 4) is 0 Å². The van der Waals surface area contributed by atoms with Gasteiger partial charge in [-0.15, -0.1) is 0 Å². The summed E-state index contributed by atoms with van der Waals surface area (Å²) in [6.45, 7) is 0.190. The molecule has 3 aromatic rings.